The zero-order valence-corrected chi connectivity index (χ0v) is 15.4. The van der Waals surface area contributed by atoms with Crippen LogP contribution in [0.2, 0.25) is 0 Å². The van der Waals surface area contributed by atoms with Crippen LogP contribution in [0.15, 0.2) is 33.8 Å². The van der Waals surface area contributed by atoms with Gasteiger partial charge in [0.25, 0.3) is 0 Å². The number of nitrogens with zero attached hydrogens (tertiary/aromatic N) is 5. The second-order valence-electron chi connectivity index (χ2n) is 7.06. The molecule has 4 heterocycles. The number of hydrogen-bond donors (Lipinski definition) is 0. The first-order chi connectivity index (χ1) is 12.7. The smallest absolute Gasteiger partial charge is 0.330 e. The van der Waals surface area contributed by atoms with Crippen LogP contribution in [-0.2, 0) is 19.6 Å². The molecule has 0 bridgehead atoms. The number of likely N-dealkylation sites (tertiary alicyclic amines) is 1. The Kier molecular flexibility index (Phi) is 4.63. The molecule has 0 radical (unpaired) electrons. The third-order valence-corrected chi connectivity index (χ3v) is 5.29. The lowest BCUT2D eigenvalue weighted by atomic mass is 9.96. The molecule has 0 amide bonds. The normalized spacial score (nSPS) is 16.5. The van der Waals surface area contributed by atoms with E-state index in [-0.39, 0.29) is 5.69 Å². The van der Waals surface area contributed by atoms with Gasteiger partial charge in [0, 0.05) is 32.8 Å². The molecule has 1 aliphatic rings. The summed E-state index contributed by atoms with van der Waals surface area (Å²) in [7, 11) is 0. The number of rotatable bonds is 5. The molecule has 4 rings (SSSR count). The van der Waals surface area contributed by atoms with E-state index in [0.717, 1.165) is 55.9 Å². The zero-order chi connectivity index (χ0) is 18.1. The van der Waals surface area contributed by atoms with E-state index in [1.54, 1.807) is 12.5 Å². The molecule has 0 spiro atoms. The van der Waals surface area contributed by atoms with E-state index < -0.39 is 0 Å². The maximum Gasteiger partial charge on any atom is 0.330 e. The van der Waals surface area contributed by atoms with Crippen molar-refractivity contribution in [3.63, 3.8) is 0 Å². The summed E-state index contributed by atoms with van der Waals surface area (Å²) in [6.45, 7) is 8.16. The highest BCUT2D eigenvalue weighted by Gasteiger charge is 2.23. The molecular formula is C19H25N5O2. The third-order valence-electron chi connectivity index (χ3n) is 5.29. The van der Waals surface area contributed by atoms with Crippen molar-refractivity contribution in [3.05, 3.63) is 46.7 Å². The van der Waals surface area contributed by atoms with Gasteiger partial charge in [-0.2, -0.15) is 0 Å². The van der Waals surface area contributed by atoms with Gasteiger partial charge in [0.15, 0.2) is 11.5 Å². The maximum absolute atomic E-state index is 12.8. The lowest BCUT2D eigenvalue weighted by Gasteiger charge is -2.31. The minimum Gasteiger partial charge on any atom is -0.449 e. The Morgan fingerprint density at radius 3 is 2.77 bits per heavy atom. The molecule has 3 aromatic rings. The minimum absolute atomic E-state index is 0.0571. The maximum atomic E-state index is 12.8. The molecule has 0 unspecified atom stereocenters. The van der Waals surface area contributed by atoms with Gasteiger partial charge in [-0.15, -0.1) is 0 Å². The molecule has 0 aliphatic carbocycles. The summed E-state index contributed by atoms with van der Waals surface area (Å²) in [5, 5.41) is 0. The van der Waals surface area contributed by atoms with Crippen LogP contribution in [-0.4, -0.2) is 37.1 Å². The Morgan fingerprint density at radius 1 is 1.27 bits per heavy atom. The largest absolute Gasteiger partial charge is 0.449 e. The van der Waals surface area contributed by atoms with Gasteiger partial charge in [-0.3, -0.25) is 14.0 Å². The van der Waals surface area contributed by atoms with Gasteiger partial charge in [-0.1, -0.05) is 0 Å². The van der Waals surface area contributed by atoms with Gasteiger partial charge in [0.05, 0.1) is 11.2 Å². The summed E-state index contributed by atoms with van der Waals surface area (Å²) in [5.74, 6) is 1.22. The van der Waals surface area contributed by atoms with Crippen LogP contribution >= 0.6 is 0 Å². The average molecular weight is 355 g/mol. The highest BCUT2D eigenvalue weighted by atomic mass is 16.3. The summed E-state index contributed by atoms with van der Waals surface area (Å²) in [6.07, 6.45) is 5.66. The van der Waals surface area contributed by atoms with E-state index in [4.69, 9.17) is 4.42 Å². The molecule has 1 saturated heterocycles. The summed E-state index contributed by atoms with van der Waals surface area (Å²) >= 11 is 0. The number of fused-ring (bicyclic) bond motifs is 1. The fraction of sp³-hybridized carbons (Fsp3) is 0.526. The molecule has 138 valence electrons. The summed E-state index contributed by atoms with van der Waals surface area (Å²) < 4.78 is 8.96. The molecular weight excluding hydrogens is 330 g/mol. The van der Waals surface area contributed by atoms with Gasteiger partial charge in [-0.05, 0) is 50.9 Å². The van der Waals surface area contributed by atoms with E-state index in [9.17, 15) is 4.79 Å². The Balaban J connectivity index is 1.44. The SMILES string of the molecule is CCn1c(=O)n(CC2CCN(Cc3coc(C)n3)CC2)c2ncccc21. The fourth-order valence-corrected chi connectivity index (χ4v) is 3.91. The Bertz CT molecular complexity index is 946. The lowest BCUT2D eigenvalue weighted by molar-refractivity contribution is 0.165. The Hall–Kier alpha value is -2.41. The Labute approximate surface area is 152 Å². The first kappa shape index (κ1) is 17.0. The Morgan fingerprint density at radius 2 is 2.08 bits per heavy atom. The molecule has 3 aromatic heterocycles. The standard InChI is InChI=1S/C19H25N5O2/c1-3-23-17-5-4-8-20-18(17)24(19(23)25)11-15-6-9-22(10-7-15)12-16-13-26-14(2)21-16/h4-5,8,13,15H,3,6-7,9-12H2,1-2H3. The van der Waals surface area contributed by atoms with Crippen LogP contribution in [0.4, 0.5) is 0 Å². The van der Waals surface area contributed by atoms with Gasteiger partial charge in [0.1, 0.15) is 6.26 Å². The second-order valence-corrected chi connectivity index (χ2v) is 7.06. The molecule has 0 aromatic carbocycles. The number of pyridine rings is 1. The number of piperidine rings is 1. The van der Waals surface area contributed by atoms with Gasteiger partial charge < -0.3 is 4.42 Å². The third kappa shape index (κ3) is 3.19. The van der Waals surface area contributed by atoms with Gasteiger partial charge in [0.2, 0.25) is 0 Å². The van der Waals surface area contributed by atoms with E-state index in [0.29, 0.717) is 18.4 Å². The van der Waals surface area contributed by atoms with Crippen LogP contribution in [0.1, 0.15) is 31.4 Å². The van der Waals surface area contributed by atoms with Crippen molar-refractivity contribution >= 4 is 11.2 Å². The lowest BCUT2D eigenvalue weighted by Crippen LogP contribution is -2.36. The second kappa shape index (κ2) is 7.07. The zero-order valence-electron chi connectivity index (χ0n) is 15.4. The molecule has 0 atom stereocenters. The highest BCUT2D eigenvalue weighted by molar-refractivity contribution is 5.71. The molecule has 1 fully saturated rings. The fourth-order valence-electron chi connectivity index (χ4n) is 3.91. The topological polar surface area (TPSA) is 69.1 Å². The van der Waals surface area contributed by atoms with Crippen LogP contribution in [0, 0.1) is 12.8 Å². The summed E-state index contributed by atoms with van der Waals surface area (Å²) in [6, 6.07) is 3.87. The summed E-state index contributed by atoms with van der Waals surface area (Å²) in [5.41, 5.74) is 2.78. The predicted octanol–water partition coefficient (Wildman–Crippen LogP) is 2.43. The predicted molar refractivity (Wildman–Crippen MR) is 98.9 cm³/mol. The van der Waals surface area contributed by atoms with Crippen LogP contribution < -0.4 is 5.69 Å². The molecule has 0 saturated carbocycles. The highest BCUT2D eigenvalue weighted by Crippen LogP contribution is 2.22. The molecule has 7 nitrogen and oxygen atoms in total. The number of hydrogen-bond acceptors (Lipinski definition) is 5. The molecule has 26 heavy (non-hydrogen) atoms. The van der Waals surface area contributed by atoms with Crippen LogP contribution in [0.5, 0.6) is 0 Å². The number of oxazole rings is 1. The quantitative estimate of drug-likeness (QED) is 0.703. The van der Waals surface area contributed by atoms with Gasteiger partial charge in [-0.25, -0.2) is 14.8 Å². The number of aryl methyl sites for hydroxylation is 2. The molecule has 7 heteroatoms. The van der Waals surface area contributed by atoms with Crippen molar-refractivity contribution in [2.45, 2.75) is 46.3 Å². The van der Waals surface area contributed by atoms with Gasteiger partial charge >= 0.3 is 5.69 Å². The van der Waals surface area contributed by atoms with Crippen molar-refractivity contribution in [1.29, 1.82) is 0 Å². The van der Waals surface area contributed by atoms with Crippen LogP contribution in [0.3, 0.4) is 0 Å². The first-order valence-electron chi connectivity index (χ1n) is 9.33. The van der Waals surface area contributed by atoms with E-state index >= 15 is 0 Å². The van der Waals surface area contributed by atoms with Crippen molar-refractivity contribution in [2.75, 3.05) is 13.1 Å². The van der Waals surface area contributed by atoms with E-state index in [1.807, 2.05) is 35.1 Å². The van der Waals surface area contributed by atoms with Crippen molar-refractivity contribution in [1.82, 2.24) is 24.0 Å². The summed E-state index contributed by atoms with van der Waals surface area (Å²) in [4.78, 5) is 24.0. The first-order valence-corrected chi connectivity index (χ1v) is 9.33. The van der Waals surface area contributed by atoms with Crippen molar-refractivity contribution in [2.24, 2.45) is 5.92 Å². The van der Waals surface area contributed by atoms with E-state index in [1.165, 1.54) is 0 Å². The van der Waals surface area contributed by atoms with Crippen molar-refractivity contribution < 1.29 is 4.42 Å². The number of aromatic nitrogens is 4. The average Bonchev–Trinajstić information content (AvgIpc) is 3.18. The van der Waals surface area contributed by atoms with Crippen LogP contribution in [0.25, 0.3) is 11.2 Å². The molecule has 1 aliphatic heterocycles. The van der Waals surface area contributed by atoms with Crippen molar-refractivity contribution in [3.8, 4) is 0 Å². The molecule has 0 N–H and O–H groups in total. The monoisotopic (exact) mass is 355 g/mol. The van der Waals surface area contributed by atoms with E-state index in [2.05, 4.69) is 14.9 Å². The number of imidazole rings is 1. The minimum atomic E-state index is 0.0571.